The van der Waals surface area contributed by atoms with E-state index in [1.54, 1.807) is 48.5 Å². The van der Waals surface area contributed by atoms with Crippen LogP contribution in [0.15, 0.2) is 60.7 Å². The summed E-state index contributed by atoms with van der Waals surface area (Å²) >= 11 is 0. The SMILES string of the molecule is C[N+]1(CCF)[C@H]2CC[C@H]1CC(OC(=O)C(O)(c1ccccc1)c1ccccc1)C2. The lowest BCUT2D eigenvalue weighted by Crippen LogP contribution is -2.60. The number of fused-ring (bicyclic) bond motifs is 2. The summed E-state index contributed by atoms with van der Waals surface area (Å²) in [5.74, 6) is -0.638. The molecular weight excluding hydrogens is 369 g/mol. The second-order valence-corrected chi connectivity index (χ2v) is 8.59. The molecule has 0 spiro atoms. The molecule has 4 rings (SSSR count). The number of quaternary nitrogens is 1. The summed E-state index contributed by atoms with van der Waals surface area (Å²) in [6.07, 6.45) is 3.27. The van der Waals surface area contributed by atoms with E-state index in [0.29, 0.717) is 29.8 Å². The monoisotopic (exact) mass is 398 g/mol. The fourth-order valence-electron chi connectivity index (χ4n) is 5.33. The van der Waals surface area contributed by atoms with E-state index in [2.05, 4.69) is 7.05 Å². The van der Waals surface area contributed by atoms with Crippen LogP contribution in [-0.2, 0) is 15.1 Å². The topological polar surface area (TPSA) is 46.5 Å². The molecule has 1 N–H and O–H groups in total. The normalized spacial score (nSPS) is 28.9. The fraction of sp³-hybridized carbons (Fsp3) is 0.458. The first-order chi connectivity index (χ1) is 14.0. The first-order valence-corrected chi connectivity index (χ1v) is 10.4. The number of nitrogens with zero attached hydrogens (tertiary/aromatic N) is 1. The van der Waals surface area contributed by atoms with Crippen molar-refractivity contribution in [3.8, 4) is 0 Å². The van der Waals surface area contributed by atoms with Gasteiger partial charge in [0.15, 0.2) is 0 Å². The summed E-state index contributed by atoms with van der Waals surface area (Å²) in [4.78, 5) is 13.3. The molecule has 0 radical (unpaired) electrons. The smallest absolute Gasteiger partial charge is 0.347 e. The van der Waals surface area contributed by atoms with Crippen molar-refractivity contribution >= 4 is 5.97 Å². The molecular formula is C24H29FNO3+. The van der Waals surface area contributed by atoms with E-state index < -0.39 is 11.6 Å². The number of hydrogen-bond acceptors (Lipinski definition) is 3. The molecule has 0 amide bonds. The quantitative estimate of drug-likeness (QED) is 0.598. The van der Waals surface area contributed by atoms with Gasteiger partial charge in [0.25, 0.3) is 0 Å². The van der Waals surface area contributed by atoms with Gasteiger partial charge in [0.05, 0.1) is 19.1 Å². The Morgan fingerprint density at radius 3 is 1.97 bits per heavy atom. The molecule has 2 bridgehead atoms. The molecule has 2 aromatic rings. The summed E-state index contributed by atoms with van der Waals surface area (Å²) in [6.45, 7) is 0.198. The van der Waals surface area contributed by atoms with Crippen LogP contribution in [0, 0.1) is 0 Å². The Hall–Kier alpha value is -2.24. The molecule has 2 atom stereocenters. The lowest BCUT2D eigenvalue weighted by molar-refractivity contribution is -0.949. The number of benzene rings is 2. The van der Waals surface area contributed by atoms with Gasteiger partial charge in [-0.3, -0.25) is 0 Å². The van der Waals surface area contributed by atoms with E-state index in [1.807, 2.05) is 12.1 Å². The zero-order valence-electron chi connectivity index (χ0n) is 16.8. The van der Waals surface area contributed by atoms with Gasteiger partial charge < -0.3 is 14.3 Å². The molecule has 29 heavy (non-hydrogen) atoms. The van der Waals surface area contributed by atoms with E-state index in [-0.39, 0.29) is 12.8 Å². The molecule has 2 aromatic carbocycles. The Bertz CT molecular complexity index is 788. The highest BCUT2D eigenvalue weighted by Crippen LogP contribution is 2.43. The van der Waals surface area contributed by atoms with Gasteiger partial charge in [0.2, 0.25) is 5.60 Å². The number of ether oxygens (including phenoxy) is 1. The highest BCUT2D eigenvalue weighted by atomic mass is 19.1. The Kier molecular flexibility index (Phi) is 5.45. The maximum Gasteiger partial charge on any atom is 0.347 e. The van der Waals surface area contributed by atoms with Gasteiger partial charge in [-0.1, -0.05) is 60.7 Å². The van der Waals surface area contributed by atoms with E-state index in [9.17, 15) is 14.3 Å². The summed E-state index contributed by atoms with van der Waals surface area (Å²) < 4.78 is 19.8. The molecule has 154 valence electrons. The van der Waals surface area contributed by atoms with Crippen LogP contribution in [0.4, 0.5) is 4.39 Å². The van der Waals surface area contributed by atoms with E-state index in [1.165, 1.54) is 0 Å². The molecule has 5 heteroatoms. The number of aliphatic hydroxyl groups is 1. The molecule has 2 saturated heterocycles. The Balaban J connectivity index is 1.58. The lowest BCUT2D eigenvalue weighted by Gasteiger charge is -2.46. The van der Waals surface area contributed by atoms with Crippen LogP contribution in [0.25, 0.3) is 0 Å². The van der Waals surface area contributed by atoms with Gasteiger partial charge in [0.1, 0.15) is 19.3 Å². The number of esters is 1. The third-order valence-electron chi connectivity index (χ3n) is 7.09. The number of carbonyl (C=O) groups is 1. The van der Waals surface area contributed by atoms with Crippen LogP contribution >= 0.6 is 0 Å². The maximum atomic E-state index is 13.3. The molecule has 0 aromatic heterocycles. The predicted molar refractivity (Wildman–Crippen MR) is 109 cm³/mol. The zero-order valence-corrected chi connectivity index (χ0v) is 16.8. The molecule has 0 unspecified atom stereocenters. The highest BCUT2D eigenvalue weighted by molar-refractivity contribution is 5.85. The van der Waals surface area contributed by atoms with E-state index >= 15 is 0 Å². The third kappa shape index (κ3) is 3.47. The summed E-state index contributed by atoms with van der Waals surface area (Å²) in [6, 6.07) is 18.5. The van der Waals surface area contributed by atoms with Gasteiger partial charge in [0, 0.05) is 25.7 Å². The number of alkyl halides is 1. The molecule has 0 saturated carbocycles. The number of rotatable bonds is 6. The van der Waals surface area contributed by atoms with Gasteiger partial charge in [-0.05, 0) is 11.1 Å². The molecule has 2 heterocycles. The predicted octanol–water partition coefficient (Wildman–Crippen LogP) is 3.58. The minimum Gasteiger partial charge on any atom is -0.459 e. The maximum absolute atomic E-state index is 13.3. The lowest BCUT2D eigenvalue weighted by atomic mass is 9.86. The van der Waals surface area contributed by atoms with Gasteiger partial charge in [-0.2, -0.15) is 0 Å². The largest absolute Gasteiger partial charge is 0.459 e. The number of halogens is 1. The van der Waals surface area contributed by atoms with Crippen LogP contribution in [-0.4, -0.2) is 54.0 Å². The van der Waals surface area contributed by atoms with Crippen molar-refractivity contribution < 1.29 is 23.5 Å². The van der Waals surface area contributed by atoms with E-state index in [0.717, 1.165) is 30.2 Å². The van der Waals surface area contributed by atoms with Crippen molar-refractivity contribution in [2.45, 2.75) is 49.5 Å². The minimum atomic E-state index is -1.85. The first kappa shape index (κ1) is 20.0. The molecule has 0 aliphatic carbocycles. The van der Waals surface area contributed by atoms with Crippen LogP contribution in [0.3, 0.4) is 0 Å². The van der Waals surface area contributed by atoms with Crippen LogP contribution in [0.2, 0.25) is 0 Å². The van der Waals surface area contributed by atoms with Crippen LogP contribution in [0.1, 0.15) is 36.8 Å². The van der Waals surface area contributed by atoms with E-state index in [4.69, 9.17) is 4.74 Å². The average Bonchev–Trinajstić information content (AvgIpc) is 2.91. The van der Waals surface area contributed by atoms with Crippen LogP contribution < -0.4 is 0 Å². The minimum absolute atomic E-state index is 0.246. The number of hydrogen-bond donors (Lipinski definition) is 1. The van der Waals surface area contributed by atoms with Gasteiger partial charge in [-0.25, -0.2) is 9.18 Å². The molecule has 2 aliphatic rings. The summed E-state index contributed by atoms with van der Waals surface area (Å²) in [7, 11) is 2.13. The summed E-state index contributed by atoms with van der Waals surface area (Å²) in [5.41, 5.74) is -0.864. The Morgan fingerprint density at radius 2 is 1.52 bits per heavy atom. The molecule has 4 nitrogen and oxygen atoms in total. The second kappa shape index (κ2) is 7.88. The van der Waals surface area contributed by atoms with Gasteiger partial charge >= 0.3 is 5.97 Å². The fourth-order valence-corrected chi connectivity index (χ4v) is 5.33. The van der Waals surface area contributed by atoms with Crippen molar-refractivity contribution in [3.63, 3.8) is 0 Å². The Labute approximate surface area is 171 Å². The number of carbonyl (C=O) groups excluding carboxylic acids is 1. The highest BCUT2D eigenvalue weighted by Gasteiger charge is 2.53. The van der Waals surface area contributed by atoms with Crippen molar-refractivity contribution in [1.82, 2.24) is 0 Å². The zero-order chi connectivity index (χ0) is 20.5. The van der Waals surface area contributed by atoms with Crippen molar-refractivity contribution in [1.29, 1.82) is 0 Å². The first-order valence-electron chi connectivity index (χ1n) is 10.4. The third-order valence-corrected chi connectivity index (χ3v) is 7.09. The second-order valence-electron chi connectivity index (χ2n) is 8.59. The molecule has 2 aliphatic heterocycles. The van der Waals surface area contributed by atoms with Crippen molar-refractivity contribution in [3.05, 3.63) is 71.8 Å². The molecule has 2 fully saturated rings. The standard InChI is InChI=1S/C24H29FNO3/c1-26(15-14-25)20-12-13-21(26)17-22(16-20)29-23(27)24(28,18-8-4-2-5-9-18)19-10-6-3-7-11-19/h2-11,20-22,28H,12-17H2,1H3/q+1/t20-,21-,22?,26?/m0/s1. The van der Waals surface area contributed by atoms with Gasteiger partial charge in [-0.15, -0.1) is 0 Å². The van der Waals surface area contributed by atoms with Crippen molar-refractivity contribution in [2.75, 3.05) is 20.3 Å². The van der Waals surface area contributed by atoms with Crippen LogP contribution in [0.5, 0.6) is 0 Å². The Morgan fingerprint density at radius 1 is 1.03 bits per heavy atom. The number of piperidine rings is 1. The van der Waals surface area contributed by atoms with Crippen molar-refractivity contribution in [2.24, 2.45) is 0 Å². The average molecular weight is 398 g/mol. The summed E-state index contributed by atoms with van der Waals surface area (Å²) in [5, 5.41) is 11.6.